The summed E-state index contributed by atoms with van der Waals surface area (Å²) in [6.45, 7) is 3.79. The molecule has 1 fully saturated rings. The van der Waals surface area contributed by atoms with Crippen molar-refractivity contribution in [1.29, 1.82) is 0 Å². The van der Waals surface area contributed by atoms with Crippen molar-refractivity contribution in [2.75, 3.05) is 25.1 Å². The first-order valence-corrected chi connectivity index (χ1v) is 9.59. The maximum absolute atomic E-state index is 11.5. The van der Waals surface area contributed by atoms with E-state index in [0.717, 1.165) is 18.7 Å². The van der Waals surface area contributed by atoms with E-state index in [4.69, 9.17) is 16.3 Å². The van der Waals surface area contributed by atoms with E-state index in [-0.39, 0.29) is 6.01 Å². The molecular formula is C20H21ClN4O3. The summed E-state index contributed by atoms with van der Waals surface area (Å²) < 4.78 is 10.1. The summed E-state index contributed by atoms with van der Waals surface area (Å²) in [4.78, 5) is 25.8. The quantitative estimate of drug-likeness (QED) is 0.656. The third kappa shape index (κ3) is 3.62. The molecule has 1 aliphatic rings. The maximum atomic E-state index is 11.5. The Bertz CT molecular complexity index is 997. The van der Waals surface area contributed by atoms with Gasteiger partial charge >= 0.3 is 5.97 Å². The van der Waals surface area contributed by atoms with E-state index in [2.05, 4.69) is 36.7 Å². The molecule has 1 aromatic carbocycles. The Morgan fingerprint density at radius 1 is 1.21 bits per heavy atom. The summed E-state index contributed by atoms with van der Waals surface area (Å²) in [7, 11) is 1.31. The predicted molar refractivity (Wildman–Crippen MR) is 108 cm³/mol. The second-order valence-corrected chi connectivity index (χ2v) is 7.16. The number of carbonyl (C=O) groups excluding carboxylic acids is 1. The molecule has 0 radical (unpaired) electrons. The fourth-order valence-electron chi connectivity index (χ4n) is 3.34. The number of nitrogens with one attached hydrogen (secondary N) is 1. The molecule has 1 saturated heterocycles. The van der Waals surface area contributed by atoms with Gasteiger partial charge in [-0.3, -0.25) is 0 Å². The molecule has 1 atom stereocenters. The molecule has 146 valence electrons. The van der Waals surface area contributed by atoms with Crippen LogP contribution in [0.15, 0.2) is 30.3 Å². The second kappa shape index (κ2) is 7.67. The minimum absolute atomic E-state index is 0.193. The molecule has 8 heteroatoms. The van der Waals surface area contributed by atoms with E-state index in [0.29, 0.717) is 21.9 Å². The molecule has 2 aromatic heterocycles. The van der Waals surface area contributed by atoms with Crippen LogP contribution in [0.1, 0.15) is 19.8 Å². The lowest BCUT2D eigenvalue weighted by Crippen LogP contribution is -2.25. The van der Waals surface area contributed by atoms with Gasteiger partial charge in [0.1, 0.15) is 0 Å². The standard InChI is InChI=1S/C20H21ClN4O3/c1-12(19(26)27-2)28-20-22-16-11-15(21)17(23-18(16)24-20)13-5-7-14(8-6-13)25-9-3-4-10-25/h5-8,11-12H,3-4,9-10H2,1-2H3,(H,22,23,24). The number of aromatic nitrogens is 3. The zero-order chi connectivity index (χ0) is 19.7. The SMILES string of the molecule is COC(=O)C(C)Oc1nc2nc(-c3ccc(N4CCCC4)cc3)c(Cl)cc2[nH]1. The summed E-state index contributed by atoms with van der Waals surface area (Å²) in [6, 6.07) is 10.2. The summed E-state index contributed by atoms with van der Waals surface area (Å²) >= 11 is 6.46. The fraction of sp³-hybridized carbons (Fsp3) is 0.350. The Hall–Kier alpha value is -2.80. The Kier molecular flexibility index (Phi) is 5.09. The monoisotopic (exact) mass is 400 g/mol. The number of fused-ring (bicyclic) bond motifs is 1. The summed E-state index contributed by atoms with van der Waals surface area (Å²) in [5, 5.41) is 0.512. The van der Waals surface area contributed by atoms with E-state index in [9.17, 15) is 4.79 Å². The molecule has 0 saturated carbocycles. The van der Waals surface area contributed by atoms with Gasteiger partial charge in [0.25, 0.3) is 6.01 Å². The Morgan fingerprint density at radius 3 is 2.61 bits per heavy atom. The van der Waals surface area contributed by atoms with E-state index >= 15 is 0 Å². The number of aromatic amines is 1. The number of H-pyrrole nitrogens is 1. The van der Waals surface area contributed by atoms with Crippen LogP contribution in [0.2, 0.25) is 5.02 Å². The number of hydrogen-bond donors (Lipinski definition) is 1. The van der Waals surface area contributed by atoms with Crippen LogP contribution in [-0.2, 0) is 9.53 Å². The number of rotatable bonds is 5. The number of halogens is 1. The Labute approximate surface area is 167 Å². The summed E-state index contributed by atoms with van der Waals surface area (Å²) in [5.41, 5.74) is 3.89. The first-order chi connectivity index (χ1) is 13.5. The van der Waals surface area contributed by atoms with E-state index in [1.165, 1.54) is 25.6 Å². The Morgan fingerprint density at radius 2 is 1.93 bits per heavy atom. The van der Waals surface area contributed by atoms with Crippen molar-refractivity contribution in [3.63, 3.8) is 0 Å². The Balaban J connectivity index is 1.60. The number of anilines is 1. The van der Waals surface area contributed by atoms with Crippen LogP contribution < -0.4 is 9.64 Å². The van der Waals surface area contributed by atoms with Gasteiger partial charge in [-0.05, 0) is 38.0 Å². The molecule has 28 heavy (non-hydrogen) atoms. The van der Waals surface area contributed by atoms with Crippen molar-refractivity contribution in [2.45, 2.75) is 25.9 Å². The smallest absolute Gasteiger partial charge is 0.346 e. The van der Waals surface area contributed by atoms with E-state index < -0.39 is 12.1 Å². The molecule has 3 aromatic rings. The number of hydrogen-bond acceptors (Lipinski definition) is 6. The molecule has 0 bridgehead atoms. The molecule has 4 rings (SSSR count). The molecular weight excluding hydrogens is 380 g/mol. The average molecular weight is 401 g/mol. The third-order valence-electron chi connectivity index (χ3n) is 4.84. The van der Waals surface area contributed by atoms with Gasteiger partial charge in [0, 0.05) is 24.3 Å². The minimum Gasteiger partial charge on any atom is -0.466 e. The van der Waals surface area contributed by atoms with Crippen molar-refractivity contribution in [3.8, 4) is 17.3 Å². The average Bonchev–Trinajstić information content (AvgIpc) is 3.36. The summed E-state index contributed by atoms with van der Waals surface area (Å²) in [6.07, 6.45) is 1.70. The highest BCUT2D eigenvalue weighted by atomic mass is 35.5. The van der Waals surface area contributed by atoms with Gasteiger partial charge in [-0.1, -0.05) is 23.7 Å². The predicted octanol–water partition coefficient (Wildman–Crippen LogP) is 3.82. The fourth-order valence-corrected chi connectivity index (χ4v) is 3.60. The molecule has 1 N–H and O–H groups in total. The van der Waals surface area contributed by atoms with E-state index in [1.807, 2.05) is 12.1 Å². The second-order valence-electron chi connectivity index (χ2n) is 6.76. The molecule has 7 nitrogen and oxygen atoms in total. The van der Waals surface area contributed by atoms with Crippen LogP contribution in [0, 0.1) is 0 Å². The van der Waals surface area contributed by atoms with Gasteiger partial charge in [-0.15, -0.1) is 0 Å². The van der Waals surface area contributed by atoms with Crippen molar-refractivity contribution in [3.05, 3.63) is 35.4 Å². The lowest BCUT2D eigenvalue weighted by Gasteiger charge is -2.17. The van der Waals surface area contributed by atoms with Crippen LogP contribution >= 0.6 is 11.6 Å². The number of methoxy groups -OCH3 is 1. The normalized spacial score (nSPS) is 15.0. The van der Waals surface area contributed by atoms with Gasteiger partial charge in [0.2, 0.25) is 0 Å². The number of carbonyl (C=O) groups is 1. The highest BCUT2D eigenvalue weighted by Gasteiger charge is 2.18. The highest BCUT2D eigenvalue weighted by molar-refractivity contribution is 6.33. The van der Waals surface area contributed by atoms with Crippen molar-refractivity contribution < 1.29 is 14.3 Å². The zero-order valence-electron chi connectivity index (χ0n) is 15.7. The number of pyridine rings is 1. The van der Waals surface area contributed by atoms with Crippen LogP contribution in [0.3, 0.4) is 0 Å². The van der Waals surface area contributed by atoms with Crippen molar-refractivity contribution in [2.24, 2.45) is 0 Å². The van der Waals surface area contributed by atoms with E-state index in [1.54, 1.807) is 13.0 Å². The lowest BCUT2D eigenvalue weighted by molar-refractivity contribution is -0.148. The number of benzene rings is 1. The first-order valence-electron chi connectivity index (χ1n) is 9.21. The molecule has 3 heterocycles. The number of imidazole rings is 1. The van der Waals surface area contributed by atoms with Gasteiger partial charge < -0.3 is 19.4 Å². The van der Waals surface area contributed by atoms with Crippen LogP contribution in [-0.4, -0.2) is 47.2 Å². The largest absolute Gasteiger partial charge is 0.466 e. The molecule has 0 amide bonds. The van der Waals surface area contributed by atoms with Gasteiger partial charge in [-0.2, -0.15) is 4.98 Å². The van der Waals surface area contributed by atoms with Crippen molar-refractivity contribution >= 4 is 34.4 Å². The maximum Gasteiger partial charge on any atom is 0.346 e. The highest BCUT2D eigenvalue weighted by Crippen LogP contribution is 2.31. The van der Waals surface area contributed by atoms with Crippen molar-refractivity contribution in [1.82, 2.24) is 15.0 Å². The number of ether oxygens (including phenoxy) is 2. The molecule has 0 spiro atoms. The van der Waals surface area contributed by atoms with Crippen LogP contribution in [0.4, 0.5) is 5.69 Å². The van der Waals surface area contributed by atoms with Gasteiger partial charge in [0.05, 0.1) is 23.3 Å². The van der Waals surface area contributed by atoms with Crippen LogP contribution in [0.25, 0.3) is 22.4 Å². The van der Waals surface area contributed by atoms with Crippen LogP contribution in [0.5, 0.6) is 6.01 Å². The summed E-state index contributed by atoms with van der Waals surface area (Å²) in [5.74, 6) is -0.481. The van der Waals surface area contributed by atoms with Gasteiger partial charge in [-0.25, -0.2) is 9.78 Å². The zero-order valence-corrected chi connectivity index (χ0v) is 16.5. The number of nitrogens with zero attached hydrogens (tertiary/aromatic N) is 3. The molecule has 0 aliphatic carbocycles. The number of esters is 1. The topological polar surface area (TPSA) is 80.3 Å². The molecule has 1 aliphatic heterocycles. The lowest BCUT2D eigenvalue weighted by atomic mass is 10.1. The third-order valence-corrected chi connectivity index (χ3v) is 5.13. The first kappa shape index (κ1) is 18.6. The molecule has 1 unspecified atom stereocenters. The minimum atomic E-state index is -0.779. The van der Waals surface area contributed by atoms with Gasteiger partial charge in [0.15, 0.2) is 11.8 Å².